The molecule has 7 heteroatoms. The van der Waals surface area contributed by atoms with E-state index in [9.17, 15) is 4.79 Å². The molecule has 3 N–H and O–H groups in total. The third-order valence-corrected chi connectivity index (χ3v) is 3.28. The van der Waals surface area contributed by atoms with Gasteiger partial charge < -0.3 is 11.1 Å². The van der Waals surface area contributed by atoms with Crippen molar-refractivity contribution in [2.24, 2.45) is 12.8 Å². The van der Waals surface area contributed by atoms with Crippen molar-refractivity contribution in [1.29, 1.82) is 0 Å². The van der Waals surface area contributed by atoms with E-state index in [1.807, 2.05) is 18.6 Å². The van der Waals surface area contributed by atoms with Crippen molar-refractivity contribution >= 4 is 17.2 Å². The Hall–Kier alpha value is -1.73. The number of nitrogens with one attached hydrogen (secondary N) is 1. The molecule has 0 atom stereocenters. The van der Waals surface area contributed by atoms with Crippen LogP contribution in [0.5, 0.6) is 0 Å². The Kier molecular flexibility index (Phi) is 4.06. The highest BCUT2D eigenvalue weighted by Crippen LogP contribution is 2.09. The molecule has 2 aromatic heterocycles. The molecule has 0 saturated carbocycles. The zero-order valence-electron chi connectivity index (χ0n) is 10.1. The van der Waals surface area contributed by atoms with Gasteiger partial charge >= 0.3 is 0 Å². The predicted octanol–water partition coefficient (Wildman–Crippen LogP) is 0.194. The lowest BCUT2D eigenvalue weighted by atomic mass is 10.3. The van der Waals surface area contributed by atoms with Crippen LogP contribution in [0.15, 0.2) is 17.8 Å². The van der Waals surface area contributed by atoms with Crippen LogP contribution in [0.1, 0.15) is 16.3 Å². The Balaban J connectivity index is 1.81. The van der Waals surface area contributed by atoms with Gasteiger partial charge in [-0.1, -0.05) is 0 Å². The fraction of sp³-hybridized carbons (Fsp3) is 0.364. The Morgan fingerprint density at radius 3 is 3.06 bits per heavy atom. The maximum Gasteiger partial charge on any atom is 0.226 e. The van der Waals surface area contributed by atoms with Crippen molar-refractivity contribution in [1.82, 2.24) is 20.1 Å². The third kappa shape index (κ3) is 3.38. The molecule has 96 valence electrons. The molecule has 0 aliphatic heterocycles. The minimum atomic E-state index is -0.0484. The first kappa shape index (κ1) is 12.7. The molecule has 2 aromatic rings. The third-order valence-electron chi connectivity index (χ3n) is 2.36. The fourth-order valence-electron chi connectivity index (χ4n) is 1.51. The molecule has 0 spiro atoms. The van der Waals surface area contributed by atoms with Crippen LogP contribution in [0.25, 0.3) is 0 Å². The Labute approximate surface area is 109 Å². The smallest absolute Gasteiger partial charge is 0.226 e. The zero-order chi connectivity index (χ0) is 13.0. The SMILES string of the molecule is Cn1cc(CNC(=O)Cc2csc(CN)n2)cn1. The maximum atomic E-state index is 11.7. The van der Waals surface area contributed by atoms with Crippen molar-refractivity contribution in [3.63, 3.8) is 0 Å². The van der Waals surface area contributed by atoms with Gasteiger partial charge in [0.2, 0.25) is 5.91 Å². The summed E-state index contributed by atoms with van der Waals surface area (Å²) in [5, 5.41) is 9.58. The van der Waals surface area contributed by atoms with Crippen LogP contribution in [0.4, 0.5) is 0 Å². The summed E-state index contributed by atoms with van der Waals surface area (Å²) in [5.74, 6) is -0.0484. The summed E-state index contributed by atoms with van der Waals surface area (Å²) in [6.45, 7) is 0.905. The van der Waals surface area contributed by atoms with Crippen molar-refractivity contribution in [2.75, 3.05) is 0 Å². The molecule has 0 saturated heterocycles. The van der Waals surface area contributed by atoms with E-state index in [1.54, 1.807) is 10.9 Å². The molecule has 0 aliphatic rings. The van der Waals surface area contributed by atoms with Crippen LogP contribution in [0, 0.1) is 0 Å². The van der Waals surface area contributed by atoms with E-state index in [0.717, 1.165) is 16.3 Å². The molecule has 1 amide bonds. The topological polar surface area (TPSA) is 85.8 Å². The summed E-state index contributed by atoms with van der Waals surface area (Å²) in [6, 6.07) is 0. The molecule has 0 bridgehead atoms. The van der Waals surface area contributed by atoms with Gasteiger partial charge in [0, 0.05) is 37.3 Å². The van der Waals surface area contributed by atoms with Gasteiger partial charge in [-0.15, -0.1) is 11.3 Å². The number of hydrogen-bond acceptors (Lipinski definition) is 5. The average molecular weight is 265 g/mol. The van der Waals surface area contributed by atoms with Gasteiger partial charge in [-0.05, 0) is 0 Å². The standard InChI is InChI=1S/C11H15N5OS/c1-16-6-8(5-14-16)4-13-10(17)2-9-7-18-11(3-12)15-9/h5-7H,2-4,12H2,1H3,(H,13,17). The lowest BCUT2D eigenvalue weighted by molar-refractivity contribution is -0.120. The predicted molar refractivity (Wildman–Crippen MR) is 68.8 cm³/mol. The molecular weight excluding hydrogens is 250 g/mol. The number of thiazole rings is 1. The van der Waals surface area contributed by atoms with Crippen molar-refractivity contribution in [2.45, 2.75) is 19.5 Å². The van der Waals surface area contributed by atoms with E-state index in [1.165, 1.54) is 11.3 Å². The normalized spacial score (nSPS) is 10.6. The molecule has 2 rings (SSSR count). The Morgan fingerprint density at radius 1 is 1.61 bits per heavy atom. The summed E-state index contributed by atoms with van der Waals surface area (Å²) in [4.78, 5) is 15.9. The summed E-state index contributed by atoms with van der Waals surface area (Å²) >= 11 is 1.48. The first-order valence-electron chi connectivity index (χ1n) is 5.55. The van der Waals surface area contributed by atoms with Crippen LogP contribution >= 0.6 is 11.3 Å². The summed E-state index contributed by atoms with van der Waals surface area (Å²) < 4.78 is 1.70. The minimum absolute atomic E-state index is 0.0484. The van der Waals surface area contributed by atoms with Crippen LogP contribution < -0.4 is 11.1 Å². The fourth-order valence-corrected chi connectivity index (χ4v) is 2.19. The van der Waals surface area contributed by atoms with Gasteiger partial charge in [-0.25, -0.2) is 4.98 Å². The largest absolute Gasteiger partial charge is 0.352 e. The number of amides is 1. The van der Waals surface area contributed by atoms with Gasteiger partial charge in [-0.3, -0.25) is 9.48 Å². The second-order valence-corrected chi connectivity index (χ2v) is 4.86. The molecule has 0 unspecified atom stereocenters. The van der Waals surface area contributed by atoms with E-state index in [-0.39, 0.29) is 12.3 Å². The second kappa shape index (κ2) is 5.74. The van der Waals surface area contributed by atoms with E-state index >= 15 is 0 Å². The average Bonchev–Trinajstić information content (AvgIpc) is 2.95. The van der Waals surface area contributed by atoms with E-state index in [2.05, 4.69) is 15.4 Å². The number of aromatic nitrogens is 3. The van der Waals surface area contributed by atoms with Crippen molar-refractivity contribution in [3.05, 3.63) is 34.0 Å². The molecule has 0 radical (unpaired) electrons. The molecule has 0 fully saturated rings. The Bertz CT molecular complexity index is 533. The molecule has 18 heavy (non-hydrogen) atoms. The Morgan fingerprint density at radius 2 is 2.44 bits per heavy atom. The number of hydrogen-bond donors (Lipinski definition) is 2. The molecule has 6 nitrogen and oxygen atoms in total. The van der Waals surface area contributed by atoms with Crippen LogP contribution in [-0.4, -0.2) is 20.7 Å². The summed E-state index contributed by atoms with van der Waals surface area (Å²) in [7, 11) is 1.84. The van der Waals surface area contributed by atoms with Gasteiger partial charge in [0.25, 0.3) is 0 Å². The van der Waals surface area contributed by atoms with Crippen LogP contribution in [-0.2, 0) is 31.4 Å². The van der Waals surface area contributed by atoms with Crippen molar-refractivity contribution < 1.29 is 4.79 Å². The highest BCUT2D eigenvalue weighted by molar-refractivity contribution is 7.09. The molecule has 2 heterocycles. The summed E-state index contributed by atoms with van der Waals surface area (Å²) in [6.07, 6.45) is 3.89. The molecular formula is C11H15N5OS. The number of aryl methyl sites for hydroxylation is 1. The zero-order valence-corrected chi connectivity index (χ0v) is 10.9. The van der Waals surface area contributed by atoms with E-state index in [0.29, 0.717) is 13.1 Å². The number of nitrogens with zero attached hydrogens (tertiary/aromatic N) is 3. The number of carbonyl (C=O) groups is 1. The number of nitrogens with two attached hydrogens (primary N) is 1. The first-order valence-corrected chi connectivity index (χ1v) is 6.43. The number of rotatable bonds is 5. The van der Waals surface area contributed by atoms with Gasteiger partial charge in [0.05, 0.1) is 18.3 Å². The number of carbonyl (C=O) groups excluding carboxylic acids is 1. The maximum absolute atomic E-state index is 11.7. The second-order valence-electron chi connectivity index (χ2n) is 3.91. The summed E-state index contributed by atoms with van der Waals surface area (Å²) in [5.41, 5.74) is 7.22. The molecule has 0 aromatic carbocycles. The van der Waals surface area contributed by atoms with E-state index < -0.39 is 0 Å². The van der Waals surface area contributed by atoms with Crippen LogP contribution in [0.2, 0.25) is 0 Å². The minimum Gasteiger partial charge on any atom is -0.352 e. The van der Waals surface area contributed by atoms with Gasteiger partial charge in [0.1, 0.15) is 5.01 Å². The van der Waals surface area contributed by atoms with Gasteiger partial charge in [-0.2, -0.15) is 5.10 Å². The van der Waals surface area contributed by atoms with Gasteiger partial charge in [0.15, 0.2) is 0 Å². The highest BCUT2D eigenvalue weighted by Gasteiger charge is 2.07. The van der Waals surface area contributed by atoms with E-state index in [4.69, 9.17) is 5.73 Å². The highest BCUT2D eigenvalue weighted by atomic mass is 32.1. The first-order chi connectivity index (χ1) is 8.67. The lowest BCUT2D eigenvalue weighted by Gasteiger charge is -2.01. The molecule has 0 aliphatic carbocycles. The monoisotopic (exact) mass is 265 g/mol. The van der Waals surface area contributed by atoms with Crippen LogP contribution in [0.3, 0.4) is 0 Å². The van der Waals surface area contributed by atoms with Crippen molar-refractivity contribution in [3.8, 4) is 0 Å². The lowest BCUT2D eigenvalue weighted by Crippen LogP contribution is -2.24. The quantitative estimate of drug-likeness (QED) is 0.808.